The Hall–Kier alpha value is -1.67. The fourth-order valence-electron chi connectivity index (χ4n) is 1.42. The van der Waals surface area contributed by atoms with Crippen molar-refractivity contribution in [3.05, 3.63) is 29.3 Å². The van der Waals surface area contributed by atoms with Crippen molar-refractivity contribution in [2.75, 3.05) is 25.5 Å². The fraction of sp³-hybridized carbons (Fsp3) is 0.462. The largest absolute Gasteiger partial charge is 0.379 e. The van der Waals surface area contributed by atoms with Gasteiger partial charge in [0.1, 0.15) is 5.69 Å². The molecule has 0 spiro atoms. The van der Waals surface area contributed by atoms with Crippen LogP contribution < -0.4 is 5.32 Å². The summed E-state index contributed by atoms with van der Waals surface area (Å²) < 4.78 is 27.0. The molecule has 0 aromatic heterocycles. The average Bonchev–Trinajstić information content (AvgIpc) is 2.31. The van der Waals surface area contributed by atoms with Crippen molar-refractivity contribution in [3.63, 3.8) is 0 Å². The second-order valence-corrected chi connectivity index (χ2v) is 4.43. The Morgan fingerprint density at radius 3 is 2.33 bits per heavy atom. The zero-order valence-electron chi connectivity index (χ0n) is 10.8. The molecule has 0 fully saturated rings. The van der Waals surface area contributed by atoms with Crippen molar-refractivity contribution in [2.45, 2.75) is 19.9 Å². The molecule has 1 rings (SSSR count). The zero-order chi connectivity index (χ0) is 13.7. The molecule has 0 amide bonds. The van der Waals surface area contributed by atoms with E-state index in [1.165, 1.54) is 0 Å². The molecule has 0 aliphatic rings. The molecule has 1 aromatic carbocycles. The van der Waals surface area contributed by atoms with Crippen LogP contribution in [0.5, 0.6) is 0 Å². The lowest BCUT2D eigenvalue weighted by Crippen LogP contribution is -2.31. The van der Waals surface area contributed by atoms with Crippen LogP contribution >= 0.6 is 0 Å². The summed E-state index contributed by atoms with van der Waals surface area (Å²) in [6, 6.07) is 4.14. The Labute approximate surface area is 106 Å². The number of likely N-dealkylation sites (N-methyl/N-ethyl adjacent to an activating group) is 1. The minimum Gasteiger partial charge on any atom is -0.379 e. The summed E-state index contributed by atoms with van der Waals surface area (Å²) in [6.07, 6.45) is 0. The third-order valence-electron chi connectivity index (χ3n) is 2.82. The molecular weight excluding hydrogens is 236 g/mol. The first-order valence-electron chi connectivity index (χ1n) is 5.79. The first-order valence-corrected chi connectivity index (χ1v) is 5.79. The minimum absolute atomic E-state index is 0.0187. The van der Waals surface area contributed by atoms with Crippen molar-refractivity contribution < 1.29 is 8.78 Å². The van der Waals surface area contributed by atoms with Gasteiger partial charge in [-0.3, -0.25) is 0 Å². The van der Waals surface area contributed by atoms with Crippen molar-refractivity contribution in [1.29, 1.82) is 5.26 Å². The van der Waals surface area contributed by atoms with E-state index in [0.29, 0.717) is 19.1 Å². The second-order valence-electron chi connectivity index (χ2n) is 4.43. The Balaban J connectivity index is 2.66. The van der Waals surface area contributed by atoms with E-state index in [1.54, 1.807) is 6.07 Å². The average molecular weight is 253 g/mol. The molecule has 0 radical (unpaired) electrons. The van der Waals surface area contributed by atoms with Crippen LogP contribution in [0, 0.1) is 23.0 Å². The summed E-state index contributed by atoms with van der Waals surface area (Å²) in [5, 5.41) is 11.3. The molecule has 0 heterocycles. The molecule has 3 nitrogen and oxygen atoms in total. The number of anilines is 1. The lowest BCUT2D eigenvalue weighted by Gasteiger charge is -2.21. The molecular formula is C13H17F2N3. The highest BCUT2D eigenvalue weighted by Crippen LogP contribution is 2.20. The summed E-state index contributed by atoms with van der Waals surface area (Å²) >= 11 is 0. The number of benzene rings is 1. The monoisotopic (exact) mass is 253 g/mol. The van der Waals surface area contributed by atoms with Gasteiger partial charge < -0.3 is 10.2 Å². The van der Waals surface area contributed by atoms with Gasteiger partial charge in [0.25, 0.3) is 0 Å². The summed E-state index contributed by atoms with van der Waals surface area (Å²) in [7, 11) is 1.94. The van der Waals surface area contributed by atoms with E-state index in [9.17, 15) is 8.78 Å². The topological polar surface area (TPSA) is 39.1 Å². The van der Waals surface area contributed by atoms with Crippen LogP contribution in [-0.2, 0) is 0 Å². The second kappa shape index (κ2) is 6.31. The van der Waals surface area contributed by atoms with Gasteiger partial charge in [0.15, 0.2) is 11.6 Å². The Morgan fingerprint density at radius 1 is 1.33 bits per heavy atom. The number of rotatable bonds is 5. The maximum absolute atomic E-state index is 13.5. The lowest BCUT2D eigenvalue weighted by atomic mass is 10.2. The number of nitrogens with zero attached hydrogens (tertiary/aromatic N) is 2. The highest BCUT2D eigenvalue weighted by Gasteiger charge is 2.11. The molecule has 5 heteroatoms. The predicted molar refractivity (Wildman–Crippen MR) is 67.3 cm³/mol. The summed E-state index contributed by atoms with van der Waals surface area (Å²) in [5.41, 5.74) is -0.194. The molecule has 0 saturated heterocycles. The highest BCUT2D eigenvalue weighted by atomic mass is 19.1. The Morgan fingerprint density at radius 2 is 1.89 bits per heavy atom. The van der Waals surface area contributed by atoms with E-state index < -0.39 is 11.6 Å². The Kier molecular flexibility index (Phi) is 5.05. The molecule has 0 unspecified atom stereocenters. The van der Waals surface area contributed by atoms with Crippen LogP contribution in [0.2, 0.25) is 0 Å². The van der Waals surface area contributed by atoms with Gasteiger partial charge in [-0.05, 0) is 33.0 Å². The van der Waals surface area contributed by atoms with E-state index in [1.807, 2.05) is 20.9 Å². The normalized spacial score (nSPS) is 10.8. The van der Waals surface area contributed by atoms with Crippen molar-refractivity contribution in [3.8, 4) is 6.07 Å². The lowest BCUT2D eigenvalue weighted by molar-refractivity contribution is 0.284. The van der Waals surface area contributed by atoms with Gasteiger partial charge in [-0.15, -0.1) is 0 Å². The standard InChI is InChI=1S/C13H17F2N3/c1-9(2)18(3)5-4-17-13-11(14)6-10(8-16)7-12(13)15/h6-7,9,17H,4-5H2,1-3H3. The van der Waals surface area contributed by atoms with Crippen LogP contribution in [-0.4, -0.2) is 31.1 Å². The van der Waals surface area contributed by atoms with Gasteiger partial charge in [0.05, 0.1) is 11.6 Å². The zero-order valence-corrected chi connectivity index (χ0v) is 10.8. The first-order chi connectivity index (χ1) is 8.45. The van der Waals surface area contributed by atoms with E-state index in [0.717, 1.165) is 12.1 Å². The van der Waals surface area contributed by atoms with E-state index in [4.69, 9.17) is 5.26 Å². The molecule has 1 N–H and O–H groups in total. The fourth-order valence-corrected chi connectivity index (χ4v) is 1.42. The number of nitrogens with one attached hydrogen (secondary N) is 1. The number of hydrogen-bond donors (Lipinski definition) is 1. The molecule has 1 aromatic rings. The summed E-state index contributed by atoms with van der Waals surface area (Å²) in [5.74, 6) is -1.47. The van der Waals surface area contributed by atoms with Gasteiger partial charge in [0, 0.05) is 19.1 Å². The highest BCUT2D eigenvalue weighted by molar-refractivity contribution is 5.50. The molecule has 0 bridgehead atoms. The molecule has 0 atom stereocenters. The third kappa shape index (κ3) is 3.67. The third-order valence-corrected chi connectivity index (χ3v) is 2.82. The quantitative estimate of drug-likeness (QED) is 0.876. The first kappa shape index (κ1) is 14.4. The molecule has 0 aliphatic heterocycles. The van der Waals surface area contributed by atoms with Crippen molar-refractivity contribution in [1.82, 2.24) is 4.90 Å². The van der Waals surface area contributed by atoms with E-state index >= 15 is 0 Å². The number of hydrogen-bond acceptors (Lipinski definition) is 3. The molecule has 0 aliphatic carbocycles. The summed E-state index contributed by atoms with van der Waals surface area (Å²) in [6.45, 7) is 5.21. The number of halogens is 2. The van der Waals surface area contributed by atoms with Crippen LogP contribution in [0.25, 0.3) is 0 Å². The van der Waals surface area contributed by atoms with Gasteiger partial charge in [-0.2, -0.15) is 5.26 Å². The predicted octanol–water partition coefficient (Wildman–Crippen LogP) is 2.59. The van der Waals surface area contributed by atoms with Crippen LogP contribution in [0.3, 0.4) is 0 Å². The smallest absolute Gasteiger partial charge is 0.150 e. The SMILES string of the molecule is CC(C)N(C)CCNc1c(F)cc(C#N)cc1F. The number of nitriles is 1. The summed E-state index contributed by atoms with van der Waals surface area (Å²) in [4.78, 5) is 2.06. The van der Waals surface area contributed by atoms with Gasteiger partial charge in [-0.1, -0.05) is 0 Å². The Bertz CT molecular complexity index is 429. The van der Waals surface area contributed by atoms with Crippen LogP contribution in [0.15, 0.2) is 12.1 Å². The molecule has 98 valence electrons. The van der Waals surface area contributed by atoms with Crippen molar-refractivity contribution >= 4 is 5.69 Å². The van der Waals surface area contributed by atoms with Crippen LogP contribution in [0.1, 0.15) is 19.4 Å². The van der Waals surface area contributed by atoms with Gasteiger partial charge >= 0.3 is 0 Å². The maximum Gasteiger partial charge on any atom is 0.150 e. The molecule has 18 heavy (non-hydrogen) atoms. The molecule has 0 saturated carbocycles. The van der Waals surface area contributed by atoms with E-state index in [-0.39, 0.29) is 11.3 Å². The van der Waals surface area contributed by atoms with Gasteiger partial charge in [-0.25, -0.2) is 8.78 Å². The van der Waals surface area contributed by atoms with E-state index in [2.05, 4.69) is 10.2 Å². The van der Waals surface area contributed by atoms with Gasteiger partial charge in [0.2, 0.25) is 0 Å². The maximum atomic E-state index is 13.5. The van der Waals surface area contributed by atoms with Crippen LogP contribution in [0.4, 0.5) is 14.5 Å². The minimum atomic E-state index is -0.737. The van der Waals surface area contributed by atoms with Crippen molar-refractivity contribution in [2.24, 2.45) is 0 Å².